The van der Waals surface area contributed by atoms with Crippen LogP contribution >= 0.6 is 0 Å². The topological polar surface area (TPSA) is 43.4 Å². The molecule has 0 N–H and O–H groups in total. The molecule has 4 aliphatic carbocycles. The average Bonchev–Trinajstić information content (AvgIpc) is 2.86. The summed E-state index contributed by atoms with van der Waals surface area (Å²) in [4.78, 5) is 22.9. The SMILES string of the molecule is CC(=O)OC1CCC2(C)C(=CCC3C2CCC2(C)C=C(C=O)CC32C)C1. The maximum Gasteiger partial charge on any atom is 0.302 e. The lowest BCUT2D eigenvalue weighted by atomic mass is 9.43. The minimum Gasteiger partial charge on any atom is -0.462 e. The van der Waals surface area contributed by atoms with Crippen LogP contribution in [0.5, 0.6) is 0 Å². The van der Waals surface area contributed by atoms with E-state index >= 15 is 0 Å². The lowest BCUT2D eigenvalue weighted by Crippen LogP contribution is -2.54. The molecule has 0 aromatic carbocycles. The molecule has 3 nitrogen and oxygen atoms in total. The molecular formula is C23H32O3. The first-order chi connectivity index (χ1) is 12.2. The second-order valence-corrected chi connectivity index (χ2v) is 9.96. The van der Waals surface area contributed by atoms with E-state index in [1.807, 2.05) is 0 Å². The second kappa shape index (κ2) is 5.81. The number of hydrogen-bond donors (Lipinski definition) is 0. The van der Waals surface area contributed by atoms with E-state index < -0.39 is 0 Å². The first-order valence-corrected chi connectivity index (χ1v) is 10.3. The van der Waals surface area contributed by atoms with Gasteiger partial charge < -0.3 is 4.74 Å². The Kier molecular flexibility index (Phi) is 4.02. The second-order valence-electron chi connectivity index (χ2n) is 9.96. The summed E-state index contributed by atoms with van der Waals surface area (Å²) >= 11 is 0. The highest BCUT2D eigenvalue weighted by atomic mass is 16.5. The van der Waals surface area contributed by atoms with Gasteiger partial charge in [-0.05, 0) is 72.2 Å². The molecule has 2 fully saturated rings. The van der Waals surface area contributed by atoms with Crippen LogP contribution in [0, 0.1) is 28.1 Å². The van der Waals surface area contributed by atoms with E-state index in [0.717, 1.165) is 44.0 Å². The summed E-state index contributed by atoms with van der Waals surface area (Å²) in [6.07, 6.45) is 13.3. The molecule has 4 rings (SSSR count). The van der Waals surface area contributed by atoms with Crippen molar-refractivity contribution in [1.29, 1.82) is 0 Å². The van der Waals surface area contributed by atoms with Gasteiger partial charge in [-0.3, -0.25) is 9.59 Å². The third-order valence-electron chi connectivity index (χ3n) is 8.75. The molecule has 0 aliphatic heterocycles. The number of carbonyl (C=O) groups excluding carboxylic acids is 2. The van der Waals surface area contributed by atoms with E-state index in [1.54, 1.807) is 0 Å². The molecule has 26 heavy (non-hydrogen) atoms. The van der Waals surface area contributed by atoms with Crippen molar-refractivity contribution in [2.45, 2.75) is 78.7 Å². The van der Waals surface area contributed by atoms with E-state index in [2.05, 4.69) is 32.9 Å². The van der Waals surface area contributed by atoms with Gasteiger partial charge in [0.05, 0.1) is 0 Å². The highest BCUT2D eigenvalue weighted by Gasteiger charge is 2.61. The maximum atomic E-state index is 11.5. The fourth-order valence-electron chi connectivity index (χ4n) is 7.07. The van der Waals surface area contributed by atoms with Crippen molar-refractivity contribution in [3.63, 3.8) is 0 Å². The van der Waals surface area contributed by atoms with Gasteiger partial charge in [0.25, 0.3) is 0 Å². The molecular weight excluding hydrogens is 324 g/mol. The van der Waals surface area contributed by atoms with Gasteiger partial charge in [-0.15, -0.1) is 0 Å². The van der Waals surface area contributed by atoms with Crippen LogP contribution in [0.1, 0.15) is 72.6 Å². The average molecular weight is 357 g/mol. The molecule has 0 radical (unpaired) electrons. The summed E-state index contributed by atoms with van der Waals surface area (Å²) in [5.41, 5.74) is 3.10. The molecule has 3 heteroatoms. The molecule has 0 amide bonds. The molecule has 0 heterocycles. The van der Waals surface area contributed by atoms with E-state index in [0.29, 0.717) is 11.8 Å². The zero-order chi connectivity index (χ0) is 18.7. The van der Waals surface area contributed by atoms with Gasteiger partial charge in [-0.1, -0.05) is 38.5 Å². The van der Waals surface area contributed by atoms with Crippen molar-refractivity contribution in [1.82, 2.24) is 0 Å². The van der Waals surface area contributed by atoms with Gasteiger partial charge in [-0.25, -0.2) is 0 Å². The van der Waals surface area contributed by atoms with Gasteiger partial charge in [-0.2, -0.15) is 0 Å². The molecule has 0 spiro atoms. The summed E-state index contributed by atoms with van der Waals surface area (Å²) in [5, 5.41) is 0. The number of aldehydes is 1. The zero-order valence-electron chi connectivity index (χ0n) is 16.6. The largest absolute Gasteiger partial charge is 0.462 e. The molecule has 4 aliphatic rings. The van der Waals surface area contributed by atoms with Crippen LogP contribution in [-0.2, 0) is 14.3 Å². The number of esters is 1. The van der Waals surface area contributed by atoms with Gasteiger partial charge in [0, 0.05) is 13.3 Å². The lowest BCUT2D eigenvalue weighted by molar-refractivity contribution is -0.149. The Bertz CT molecular complexity index is 704. The molecule has 0 aromatic rings. The number of hydrogen-bond acceptors (Lipinski definition) is 3. The lowest BCUT2D eigenvalue weighted by Gasteiger charge is -2.61. The number of fused-ring (bicyclic) bond motifs is 5. The predicted molar refractivity (Wildman–Crippen MR) is 101 cm³/mol. The van der Waals surface area contributed by atoms with Crippen molar-refractivity contribution < 1.29 is 14.3 Å². The van der Waals surface area contributed by atoms with Gasteiger partial charge in [0.1, 0.15) is 12.4 Å². The maximum absolute atomic E-state index is 11.5. The standard InChI is InChI=1S/C23H32O3/c1-15(25)26-18-7-10-22(3)17(11-18)5-6-20-19(22)8-9-21(2)12-16(14-24)13-23(20,21)4/h5,12,14,18-20H,6-11,13H2,1-4H3. The third-order valence-corrected chi connectivity index (χ3v) is 8.75. The monoisotopic (exact) mass is 356 g/mol. The number of ether oxygens (including phenoxy) is 1. The fourth-order valence-corrected chi connectivity index (χ4v) is 7.07. The quantitative estimate of drug-likeness (QED) is 0.397. The minimum atomic E-state index is -0.160. The van der Waals surface area contributed by atoms with E-state index in [9.17, 15) is 9.59 Å². The van der Waals surface area contributed by atoms with Crippen LogP contribution in [0.4, 0.5) is 0 Å². The molecule has 6 unspecified atom stereocenters. The molecule has 2 saturated carbocycles. The van der Waals surface area contributed by atoms with Crippen LogP contribution in [0.15, 0.2) is 23.3 Å². The summed E-state index contributed by atoms with van der Waals surface area (Å²) in [6.45, 7) is 8.77. The molecule has 0 saturated heterocycles. The van der Waals surface area contributed by atoms with Crippen molar-refractivity contribution in [2.24, 2.45) is 28.1 Å². The zero-order valence-corrected chi connectivity index (χ0v) is 16.6. The Morgan fingerprint density at radius 3 is 2.65 bits per heavy atom. The Morgan fingerprint density at radius 1 is 1.19 bits per heavy atom. The normalized spacial score (nSPS) is 47.0. The third kappa shape index (κ3) is 2.38. The Hall–Kier alpha value is -1.38. The minimum absolute atomic E-state index is 0.0580. The first-order valence-electron chi connectivity index (χ1n) is 10.3. The van der Waals surface area contributed by atoms with Crippen molar-refractivity contribution in [2.75, 3.05) is 0 Å². The van der Waals surface area contributed by atoms with Crippen LogP contribution in [0.2, 0.25) is 0 Å². The van der Waals surface area contributed by atoms with E-state index in [-0.39, 0.29) is 28.3 Å². The van der Waals surface area contributed by atoms with Crippen molar-refractivity contribution in [3.8, 4) is 0 Å². The summed E-state index contributed by atoms with van der Waals surface area (Å²) in [6, 6.07) is 0. The Balaban J connectivity index is 1.64. The number of allylic oxidation sites excluding steroid dienone is 3. The Morgan fingerprint density at radius 2 is 1.96 bits per heavy atom. The number of rotatable bonds is 2. The van der Waals surface area contributed by atoms with Crippen LogP contribution in [0.25, 0.3) is 0 Å². The predicted octanol–water partition coefficient (Wildman–Crippen LogP) is 5.01. The molecule has 142 valence electrons. The summed E-state index contributed by atoms with van der Waals surface area (Å²) < 4.78 is 5.53. The fraction of sp³-hybridized carbons (Fsp3) is 0.739. The molecule has 6 atom stereocenters. The van der Waals surface area contributed by atoms with Gasteiger partial charge >= 0.3 is 5.97 Å². The summed E-state index contributed by atoms with van der Waals surface area (Å²) in [7, 11) is 0. The first kappa shape index (κ1) is 18.0. The Labute approximate surface area is 157 Å². The molecule has 0 aromatic heterocycles. The number of carbonyl (C=O) groups is 2. The van der Waals surface area contributed by atoms with Gasteiger partial charge in [0.15, 0.2) is 0 Å². The highest BCUT2D eigenvalue weighted by Crippen LogP contribution is 2.69. The van der Waals surface area contributed by atoms with Crippen molar-refractivity contribution >= 4 is 12.3 Å². The van der Waals surface area contributed by atoms with Crippen LogP contribution in [-0.4, -0.2) is 18.4 Å². The van der Waals surface area contributed by atoms with Gasteiger partial charge in [0.2, 0.25) is 0 Å². The van der Waals surface area contributed by atoms with Crippen LogP contribution < -0.4 is 0 Å². The molecule has 0 bridgehead atoms. The smallest absolute Gasteiger partial charge is 0.302 e. The van der Waals surface area contributed by atoms with Crippen LogP contribution in [0.3, 0.4) is 0 Å². The van der Waals surface area contributed by atoms with E-state index in [1.165, 1.54) is 25.3 Å². The van der Waals surface area contributed by atoms with E-state index in [4.69, 9.17) is 4.74 Å². The summed E-state index contributed by atoms with van der Waals surface area (Å²) in [5.74, 6) is 1.15. The van der Waals surface area contributed by atoms with Crippen molar-refractivity contribution in [3.05, 3.63) is 23.3 Å². The highest BCUT2D eigenvalue weighted by molar-refractivity contribution is 5.75.